The fraction of sp³-hybridized carbons (Fsp3) is 0.400. The van der Waals surface area contributed by atoms with Gasteiger partial charge in [0.25, 0.3) is 0 Å². The number of hydrogen-bond donors (Lipinski definition) is 0. The molecule has 0 heterocycles. The Balaban J connectivity index is -0.0000000408. The molecule has 0 aromatic heterocycles. The van der Waals surface area contributed by atoms with Crippen LogP contribution in [0.25, 0.3) is 0 Å². The third-order valence-electron chi connectivity index (χ3n) is 0.997. The van der Waals surface area contributed by atoms with Crippen LogP contribution in [0.5, 0.6) is 0 Å². The molecule has 0 rings (SSSR count). The molecular weight excluding hydrogens is 237 g/mol. The molecule has 0 fully saturated rings. The van der Waals surface area contributed by atoms with Gasteiger partial charge in [0.15, 0.2) is 0 Å². The summed E-state index contributed by atoms with van der Waals surface area (Å²) >= 11 is 0. The molecule has 12 heavy (non-hydrogen) atoms. The first-order valence-corrected chi connectivity index (χ1v) is 3.19. The van der Waals surface area contributed by atoms with Crippen LogP contribution in [0.3, 0.4) is 0 Å². The molecule has 0 aliphatic heterocycles. The monoisotopic (exact) mass is 256 g/mol. The van der Waals surface area contributed by atoms with E-state index < -0.39 is 0 Å². The SMILES string of the molecule is C=CC=CCCCC.[CH3-].[CH3-].[Ni+2].[Ni]. The van der Waals surface area contributed by atoms with E-state index in [9.17, 15) is 0 Å². The van der Waals surface area contributed by atoms with Gasteiger partial charge in [-0.15, -0.1) is 0 Å². The summed E-state index contributed by atoms with van der Waals surface area (Å²) < 4.78 is 0. The Morgan fingerprint density at radius 2 is 1.75 bits per heavy atom. The van der Waals surface area contributed by atoms with Crippen molar-refractivity contribution in [3.63, 3.8) is 0 Å². The standard InChI is InChI=1S/C8H14.2CH3.2Ni/c1-3-5-7-8-6-4-2;;;;/h3,5,7H,1,4,6,8H2,2H3;2*1H3;;/q;2*-1;;+2. The van der Waals surface area contributed by atoms with Gasteiger partial charge in [-0.1, -0.05) is 44.6 Å². The second kappa shape index (κ2) is 30.0. The van der Waals surface area contributed by atoms with Gasteiger partial charge in [0, 0.05) is 16.5 Å². The summed E-state index contributed by atoms with van der Waals surface area (Å²) in [7, 11) is 0. The number of hydrogen-bond acceptors (Lipinski definition) is 0. The average Bonchev–Trinajstić information content (AvgIpc) is 1.81. The van der Waals surface area contributed by atoms with E-state index in [2.05, 4.69) is 19.6 Å². The summed E-state index contributed by atoms with van der Waals surface area (Å²) in [5.41, 5.74) is 0. The maximum absolute atomic E-state index is 3.57. The third kappa shape index (κ3) is 31.4. The van der Waals surface area contributed by atoms with Crippen LogP contribution in [0.1, 0.15) is 26.2 Å². The maximum Gasteiger partial charge on any atom is 2.00 e. The van der Waals surface area contributed by atoms with E-state index in [4.69, 9.17) is 0 Å². The van der Waals surface area contributed by atoms with Crippen molar-refractivity contribution in [3.8, 4) is 0 Å². The predicted octanol–water partition coefficient (Wildman–Crippen LogP) is 3.81. The number of unbranched alkanes of at least 4 members (excludes halogenated alkanes) is 2. The van der Waals surface area contributed by atoms with E-state index in [0.717, 1.165) is 0 Å². The fourth-order valence-electron chi connectivity index (χ4n) is 0.514. The van der Waals surface area contributed by atoms with Crippen LogP contribution >= 0.6 is 0 Å². The minimum absolute atomic E-state index is 0. The van der Waals surface area contributed by atoms with Gasteiger partial charge in [-0.2, -0.15) is 0 Å². The molecule has 0 aromatic carbocycles. The maximum atomic E-state index is 3.57. The molecule has 0 amide bonds. The van der Waals surface area contributed by atoms with Gasteiger partial charge in [0.1, 0.15) is 0 Å². The number of allylic oxidation sites excluding steroid dienone is 3. The molecule has 80 valence electrons. The van der Waals surface area contributed by atoms with Crippen LogP contribution in [0.2, 0.25) is 0 Å². The predicted molar refractivity (Wildman–Crippen MR) is 51.7 cm³/mol. The van der Waals surface area contributed by atoms with Gasteiger partial charge in [0.2, 0.25) is 0 Å². The second-order valence-electron chi connectivity index (χ2n) is 1.81. The molecule has 0 radical (unpaired) electrons. The molecule has 0 spiro atoms. The van der Waals surface area contributed by atoms with Crippen molar-refractivity contribution in [2.45, 2.75) is 26.2 Å². The molecule has 0 nitrogen and oxygen atoms in total. The van der Waals surface area contributed by atoms with Gasteiger partial charge in [-0.25, -0.2) is 0 Å². The molecule has 0 bridgehead atoms. The van der Waals surface area contributed by atoms with Crippen LogP contribution in [-0.4, -0.2) is 0 Å². The van der Waals surface area contributed by atoms with E-state index in [1.54, 1.807) is 0 Å². The Morgan fingerprint density at radius 3 is 2.08 bits per heavy atom. The van der Waals surface area contributed by atoms with Crippen molar-refractivity contribution >= 4 is 0 Å². The van der Waals surface area contributed by atoms with E-state index in [1.807, 2.05) is 12.2 Å². The van der Waals surface area contributed by atoms with Gasteiger partial charge in [-0.3, -0.25) is 0 Å². The van der Waals surface area contributed by atoms with E-state index in [-0.39, 0.29) is 47.8 Å². The normalized spacial score (nSPS) is 6.75. The molecule has 0 N–H and O–H groups in total. The zero-order valence-corrected chi connectivity index (χ0v) is 10.2. The molecule has 0 atom stereocenters. The zero-order chi connectivity index (χ0) is 6.24. The van der Waals surface area contributed by atoms with Crippen molar-refractivity contribution in [1.29, 1.82) is 0 Å². The van der Waals surface area contributed by atoms with E-state index in [0.29, 0.717) is 0 Å². The van der Waals surface area contributed by atoms with Gasteiger partial charge in [-0.05, 0) is 6.42 Å². The molecule has 0 aliphatic carbocycles. The summed E-state index contributed by atoms with van der Waals surface area (Å²) in [6.07, 6.45) is 9.73. The summed E-state index contributed by atoms with van der Waals surface area (Å²) in [6, 6.07) is 0. The van der Waals surface area contributed by atoms with Gasteiger partial charge in [0.05, 0.1) is 0 Å². The molecular formula is C10H20Ni2. The van der Waals surface area contributed by atoms with Crippen molar-refractivity contribution < 1.29 is 33.0 Å². The molecule has 0 aromatic rings. The summed E-state index contributed by atoms with van der Waals surface area (Å²) in [5.74, 6) is 0. The topological polar surface area (TPSA) is 0 Å². The van der Waals surface area contributed by atoms with Gasteiger partial charge < -0.3 is 14.9 Å². The minimum atomic E-state index is 0. The Kier molecular flexibility index (Phi) is 73.6. The first-order chi connectivity index (χ1) is 3.91. The van der Waals surface area contributed by atoms with Crippen LogP contribution in [-0.2, 0) is 33.0 Å². The molecule has 0 saturated heterocycles. The Labute approximate surface area is 98.7 Å². The van der Waals surface area contributed by atoms with Crippen molar-refractivity contribution in [3.05, 3.63) is 39.7 Å². The van der Waals surface area contributed by atoms with Crippen molar-refractivity contribution in [2.75, 3.05) is 0 Å². The van der Waals surface area contributed by atoms with Crippen molar-refractivity contribution in [1.82, 2.24) is 0 Å². The second-order valence-corrected chi connectivity index (χ2v) is 1.81. The van der Waals surface area contributed by atoms with Crippen molar-refractivity contribution in [2.24, 2.45) is 0 Å². The molecule has 0 saturated carbocycles. The smallest absolute Gasteiger partial charge is 0.358 e. The summed E-state index contributed by atoms with van der Waals surface area (Å²) in [4.78, 5) is 0. The first-order valence-electron chi connectivity index (χ1n) is 3.19. The van der Waals surface area contributed by atoms with E-state index in [1.165, 1.54) is 19.3 Å². The van der Waals surface area contributed by atoms with Crippen LogP contribution < -0.4 is 0 Å². The van der Waals surface area contributed by atoms with Crippen LogP contribution in [0, 0.1) is 14.9 Å². The molecule has 0 unspecified atom stereocenters. The quantitative estimate of drug-likeness (QED) is 0.311. The van der Waals surface area contributed by atoms with E-state index >= 15 is 0 Å². The zero-order valence-electron chi connectivity index (χ0n) is 8.19. The van der Waals surface area contributed by atoms with Gasteiger partial charge >= 0.3 is 16.5 Å². The third-order valence-corrected chi connectivity index (χ3v) is 0.997. The Morgan fingerprint density at radius 1 is 1.25 bits per heavy atom. The number of rotatable bonds is 4. The van der Waals surface area contributed by atoms with Crippen LogP contribution in [0.4, 0.5) is 0 Å². The Bertz CT molecular complexity index is 77.9. The minimum Gasteiger partial charge on any atom is -0.358 e. The first kappa shape index (κ1) is 29.4. The molecule has 0 aliphatic rings. The summed E-state index contributed by atoms with van der Waals surface area (Å²) in [5, 5.41) is 0. The summed E-state index contributed by atoms with van der Waals surface area (Å²) in [6.45, 7) is 5.77. The fourth-order valence-corrected chi connectivity index (χ4v) is 0.514. The average molecular weight is 258 g/mol. The molecule has 2 heteroatoms. The van der Waals surface area contributed by atoms with Crippen LogP contribution in [0.15, 0.2) is 24.8 Å². The Hall–Kier alpha value is 0.467. The largest absolute Gasteiger partial charge is 2.00 e.